The Bertz CT molecular complexity index is 1060. The minimum absolute atomic E-state index is 0.00420. The van der Waals surface area contributed by atoms with E-state index >= 15 is 0 Å². The van der Waals surface area contributed by atoms with E-state index < -0.39 is 0 Å². The van der Waals surface area contributed by atoms with Gasteiger partial charge >= 0.3 is 0 Å². The van der Waals surface area contributed by atoms with E-state index in [1.165, 1.54) is 0 Å². The molecule has 6 heteroatoms. The summed E-state index contributed by atoms with van der Waals surface area (Å²) in [6, 6.07) is 20.0. The minimum Gasteiger partial charge on any atom is -0.496 e. The molecule has 28 heavy (non-hydrogen) atoms. The first-order valence-electron chi connectivity index (χ1n) is 8.71. The Kier molecular flexibility index (Phi) is 4.88. The number of nitrogens with zero attached hydrogens (tertiary/aromatic N) is 1. The van der Waals surface area contributed by atoms with Crippen molar-refractivity contribution in [2.45, 2.75) is 6.54 Å². The lowest BCUT2D eigenvalue weighted by molar-refractivity contribution is 0.0994. The van der Waals surface area contributed by atoms with Crippen molar-refractivity contribution in [3.63, 3.8) is 0 Å². The molecule has 2 amide bonds. The van der Waals surface area contributed by atoms with Gasteiger partial charge in [0.25, 0.3) is 11.8 Å². The van der Waals surface area contributed by atoms with Gasteiger partial charge in [0, 0.05) is 22.5 Å². The maximum absolute atomic E-state index is 12.6. The zero-order chi connectivity index (χ0) is 19.7. The summed E-state index contributed by atoms with van der Waals surface area (Å²) in [6.45, 7) is 0.556. The van der Waals surface area contributed by atoms with Gasteiger partial charge in [0.2, 0.25) is 0 Å². The van der Waals surface area contributed by atoms with Gasteiger partial charge in [-0.2, -0.15) is 0 Å². The van der Waals surface area contributed by atoms with Gasteiger partial charge in [-0.05, 0) is 70.0 Å². The number of amides is 2. The molecule has 0 spiro atoms. The average molecular weight is 437 g/mol. The molecule has 0 unspecified atom stereocenters. The van der Waals surface area contributed by atoms with Gasteiger partial charge in [0.15, 0.2) is 0 Å². The Labute approximate surface area is 171 Å². The molecule has 0 bridgehead atoms. The van der Waals surface area contributed by atoms with Crippen molar-refractivity contribution in [1.82, 2.24) is 0 Å². The number of ether oxygens (including phenoxy) is 1. The summed E-state index contributed by atoms with van der Waals surface area (Å²) in [6.07, 6.45) is 0. The third-order valence-electron chi connectivity index (χ3n) is 4.67. The van der Waals surface area contributed by atoms with Crippen molar-refractivity contribution < 1.29 is 14.3 Å². The number of fused-ring (bicyclic) bond motifs is 1. The lowest BCUT2D eigenvalue weighted by Gasteiger charge is -2.16. The molecule has 0 atom stereocenters. The third kappa shape index (κ3) is 3.39. The highest BCUT2D eigenvalue weighted by molar-refractivity contribution is 9.10. The van der Waals surface area contributed by atoms with Crippen LogP contribution in [-0.2, 0) is 6.54 Å². The molecule has 0 fully saturated rings. The predicted octanol–water partition coefficient (Wildman–Crippen LogP) is 4.87. The van der Waals surface area contributed by atoms with Gasteiger partial charge in [0.1, 0.15) is 5.75 Å². The maximum Gasteiger partial charge on any atom is 0.258 e. The Morgan fingerprint density at radius 2 is 1.82 bits per heavy atom. The van der Waals surface area contributed by atoms with Crippen LogP contribution in [0.3, 0.4) is 0 Å². The first kappa shape index (κ1) is 18.3. The SMILES string of the molecule is COc1ccc(C(=O)Nc2ccc(N3Cc4ccccc4C3=O)cc2)cc1Br. The molecule has 1 N–H and O–H groups in total. The maximum atomic E-state index is 12.6. The van der Waals surface area contributed by atoms with Crippen molar-refractivity contribution in [2.24, 2.45) is 0 Å². The van der Waals surface area contributed by atoms with Crippen LogP contribution >= 0.6 is 15.9 Å². The van der Waals surface area contributed by atoms with E-state index in [1.54, 1.807) is 42.3 Å². The largest absolute Gasteiger partial charge is 0.496 e. The Morgan fingerprint density at radius 1 is 1.07 bits per heavy atom. The molecule has 0 saturated heterocycles. The second-order valence-electron chi connectivity index (χ2n) is 6.40. The lowest BCUT2D eigenvalue weighted by Crippen LogP contribution is -2.22. The highest BCUT2D eigenvalue weighted by Crippen LogP contribution is 2.29. The molecule has 0 saturated carbocycles. The van der Waals surface area contributed by atoms with Crippen LogP contribution in [0.15, 0.2) is 71.2 Å². The quantitative estimate of drug-likeness (QED) is 0.634. The third-order valence-corrected chi connectivity index (χ3v) is 5.29. The van der Waals surface area contributed by atoms with Gasteiger partial charge in [0.05, 0.1) is 18.1 Å². The van der Waals surface area contributed by atoms with Gasteiger partial charge in [-0.15, -0.1) is 0 Å². The van der Waals surface area contributed by atoms with Gasteiger partial charge in [-0.3, -0.25) is 9.59 Å². The molecule has 0 aromatic heterocycles. The van der Waals surface area contributed by atoms with Crippen molar-refractivity contribution >= 4 is 39.1 Å². The fraction of sp³-hybridized carbons (Fsp3) is 0.0909. The number of carbonyl (C=O) groups is 2. The van der Waals surface area contributed by atoms with E-state index in [2.05, 4.69) is 21.2 Å². The number of hydrogen-bond acceptors (Lipinski definition) is 3. The molecule has 1 heterocycles. The summed E-state index contributed by atoms with van der Waals surface area (Å²) < 4.78 is 5.89. The van der Waals surface area contributed by atoms with Crippen molar-refractivity contribution in [3.05, 3.63) is 87.9 Å². The number of nitrogens with one attached hydrogen (secondary N) is 1. The number of anilines is 2. The number of rotatable bonds is 4. The molecule has 1 aliphatic heterocycles. The van der Waals surface area contributed by atoms with Crippen LogP contribution in [0.25, 0.3) is 0 Å². The van der Waals surface area contributed by atoms with E-state index in [0.717, 1.165) is 16.8 Å². The second kappa shape index (κ2) is 7.48. The Morgan fingerprint density at radius 3 is 2.50 bits per heavy atom. The smallest absolute Gasteiger partial charge is 0.258 e. The number of benzene rings is 3. The molecular formula is C22H17BrN2O3. The Hall–Kier alpha value is -3.12. The van der Waals surface area contributed by atoms with Crippen molar-refractivity contribution in [1.29, 1.82) is 0 Å². The van der Waals surface area contributed by atoms with Crippen LogP contribution in [0.2, 0.25) is 0 Å². The van der Waals surface area contributed by atoms with Gasteiger partial charge in [-0.1, -0.05) is 18.2 Å². The normalized spacial score (nSPS) is 12.6. The van der Waals surface area contributed by atoms with Crippen LogP contribution in [0, 0.1) is 0 Å². The molecule has 140 valence electrons. The monoisotopic (exact) mass is 436 g/mol. The molecule has 5 nitrogen and oxygen atoms in total. The van der Waals surface area contributed by atoms with E-state index in [1.807, 2.05) is 36.4 Å². The zero-order valence-corrected chi connectivity index (χ0v) is 16.7. The van der Waals surface area contributed by atoms with Crippen LogP contribution in [-0.4, -0.2) is 18.9 Å². The number of carbonyl (C=O) groups excluding carboxylic acids is 2. The topological polar surface area (TPSA) is 58.6 Å². The Balaban J connectivity index is 1.48. The van der Waals surface area contributed by atoms with Crippen LogP contribution < -0.4 is 15.0 Å². The number of hydrogen-bond donors (Lipinski definition) is 1. The summed E-state index contributed by atoms with van der Waals surface area (Å²) >= 11 is 3.38. The summed E-state index contributed by atoms with van der Waals surface area (Å²) in [5, 5.41) is 2.87. The minimum atomic E-state index is -0.222. The fourth-order valence-corrected chi connectivity index (χ4v) is 3.74. The summed E-state index contributed by atoms with van der Waals surface area (Å²) in [5.74, 6) is 0.438. The summed E-state index contributed by atoms with van der Waals surface area (Å²) in [7, 11) is 1.57. The van der Waals surface area contributed by atoms with E-state index in [-0.39, 0.29) is 11.8 Å². The highest BCUT2D eigenvalue weighted by atomic mass is 79.9. The predicted molar refractivity (Wildman–Crippen MR) is 112 cm³/mol. The van der Waals surface area contributed by atoms with E-state index in [0.29, 0.717) is 28.0 Å². The first-order chi connectivity index (χ1) is 13.6. The molecule has 1 aliphatic rings. The van der Waals surface area contributed by atoms with Crippen molar-refractivity contribution in [2.75, 3.05) is 17.3 Å². The van der Waals surface area contributed by atoms with E-state index in [4.69, 9.17) is 4.74 Å². The standard InChI is InChI=1S/C22H17BrN2O3/c1-28-20-11-6-14(12-19(20)23)21(26)24-16-7-9-17(10-8-16)25-13-15-4-2-3-5-18(15)22(25)27/h2-12H,13H2,1H3,(H,24,26). The van der Waals surface area contributed by atoms with Gasteiger partial charge in [-0.25, -0.2) is 0 Å². The first-order valence-corrected chi connectivity index (χ1v) is 9.51. The molecule has 0 aliphatic carbocycles. The van der Waals surface area contributed by atoms with Crippen LogP contribution in [0.1, 0.15) is 26.3 Å². The summed E-state index contributed by atoms with van der Waals surface area (Å²) in [5.41, 5.74) is 3.73. The number of methoxy groups -OCH3 is 1. The molecule has 3 aromatic carbocycles. The van der Waals surface area contributed by atoms with Gasteiger partial charge < -0.3 is 15.0 Å². The van der Waals surface area contributed by atoms with E-state index in [9.17, 15) is 9.59 Å². The zero-order valence-electron chi connectivity index (χ0n) is 15.1. The van der Waals surface area contributed by atoms with Crippen LogP contribution in [0.5, 0.6) is 5.75 Å². The molecule has 3 aromatic rings. The number of halogens is 1. The fourth-order valence-electron chi connectivity index (χ4n) is 3.20. The summed E-state index contributed by atoms with van der Waals surface area (Å²) in [4.78, 5) is 26.8. The highest BCUT2D eigenvalue weighted by Gasteiger charge is 2.27. The second-order valence-corrected chi connectivity index (χ2v) is 7.25. The molecule has 4 rings (SSSR count). The molecular weight excluding hydrogens is 420 g/mol. The lowest BCUT2D eigenvalue weighted by atomic mass is 10.1. The molecule has 0 radical (unpaired) electrons. The average Bonchev–Trinajstić information content (AvgIpc) is 3.05. The van der Waals surface area contributed by atoms with Crippen LogP contribution in [0.4, 0.5) is 11.4 Å². The van der Waals surface area contributed by atoms with Crippen molar-refractivity contribution in [3.8, 4) is 5.75 Å².